The van der Waals surface area contributed by atoms with Gasteiger partial charge >= 0.3 is 0 Å². The number of anilines is 2. The van der Waals surface area contributed by atoms with Crippen LogP contribution in [0.1, 0.15) is 94.1 Å². The fourth-order valence-corrected chi connectivity index (χ4v) is 10.2. The third-order valence-corrected chi connectivity index (χ3v) is 13.4. The maximum atomic E-state index is 13.6. The number of fused-ring (bicyclic) bond motifs is 2. The first-order valence-corrected chi connectivity index (χ1v) is 19.9. The summed E-state index contributed by atoms with van der Waals surface area (Å²) in [5, 5.41) is 2.74. The van der Waals surface area contributed by atoms with E-state index in [0.717, 1.165) is 79.3 Å². The normalized spacial score (nSPS) is 23.8. The number of piperidine rings is 3. The standard InChI is InChI=1S/C42H43ClN8O5/c1-25-20-42(24-50(25)30-4-5-34(44-2)33(43)19-30)11-15-47(16-12-42)36-7-3-26(21-45-36)39(54)48-13-9-29(10-14-48)49-22-27-17-31-32(18-28(27)23-49)41(56)51(40(31)55)35-6-8-37(52)46-38(35)53/h3-5,7,17-19,21,25,29,35H,6,8-16,20,22-24H2,1H3,(H,46,52,53)/t25-,35?/m0/s1. The molecule has 1 spiro atoms. The Bertz CT molecular complexity index is 2160. The fraction of sp³-hybridized carbons (Fsp3) is 0.452. The van der Waals surface area contributed by atoms with Gasteiger partial charge in [0.25, 0.3) is 17.7 Å². The van der Waals surface area contributed by atoms with Gasteiger partial charge in [0, 0.05) is 81.2 Å². The molecule has 1 N–H and O–H groups in total. The molecule has 3 aromatic rings. The third kappa shape index (κ3) is 6.29. The summed E-state index contributed by atoms with van der Waals surface area (Å²) in [5.41, 5.74) is 4.99. The Labute approximate surface area is 330 Å². The molecule has 5 amide bonds. The van der Waals surface area contributed by atoms with Crippen molar-refractivity contribution in [2.45, 2.75) is 83.1 Å². The summed E-state index contributed by atoms with van der Waals surface area (Å²) >= 11 is 6.37. The molecule has 56 heavy (non-hydrogen) atoms. The van der Waals surface area contributed by atoms with E-state index in [1.807, 2.05) is 35.2 Å². The summed E-state index contributed by atoms with van der Waals surface area (Å²) in [6, 6.07) is 12.9. The van der Waals surface area contributed by atoms with Crippen LogP contribution in [0.15, 0.2) is 48.7 Å². The van der Waals surface area contributed by atoms with E-state index < -0.39 is 29.7 Å². The molecule has 0 radical (unpaired) electrons. The lowest BCUT2D eigenvalue weighted by molar-refractivity contribution is -0.136. The predicted molar refractivity (Wildman–Crippen MR) is 209 cm³/mol. The van der Waals surface area contributed by atoms with Crippen molar-refractivity contribution in [3.05, 3.63) is 92.9 Å². The number of aromatic nitrogens is 1. The minimum Gasteiger partial charge on any atom is -0.368 e. The summed E-state index contributed by atoms with van der Waals surface area (Å²) in [6.45, 7) is 14.9. The maximum absolute atomic E-state index is 13.6. The van der Waals surface area contributed by atoms with E-state index in [4.69, 9.17) is 23.2 Å². The average Bonchev–Trinajstić information content (AvgIpc) is 3.84. The number of carbonyl (C=O) groups excluding carboxylic acids is 5. The molecular formula is C42H43ClN8O5. The minimum absolute atomic E-state index is 0.0107. The number of hydrogen-bond donors (Lipinski definition) is 1. The number of amides is 5. The molecule has 2 atom stereocenters. The van der Waals surface area contributed by atoms with E-state index >= 15 is 0 Å². The Kier molecular flexibility index (Phi) is 9.09. The Morgan fingerprint density at radius 2 is 1.62 bits per heavy atom. The number of rotatable bonds is 5. The van der Waals surface area contributed by atoms with Crippen LogP contribution in [0.25, 0.3) is 4.85 Å². The van der Waals surface area contributed by atoms with Gasteiger partial charge in [0.2, 0.25) is 17.5 Å². The SMILES string of the molecule is [C-]#[N+]c1ccc(N2CC3(CCN(c4ccc(C(=O)N5CCC(N6Cc7cc8c(cc7C6)C(=O)N(C6CCC(=O)NC6=O)C8=O)CC5)cn4)CC3)C[C@@H]2C)cc1Cl. The van der Waals surface area contributed by atoms with Gasteiger partial charge in [-0.2, -0.15) is 0 Å². The lowest BCUT2D eigenvalue weighted by Gasteiger charge is -2.40. The van der Waals surface area contributed by atoms with Crippen LogP contribution in [0, 0.1) is 12.0 Å². The Morgan fingerprint density at radius 1 is 0.929 bits per heavy atom. The number of pyridine rings is 1. The van der Waals surface area contributed by atoms with Gasteiger partial charge in [-0.05, 0) is 98.4 Å². The highest BCUT2D eigenvalue weighted by molar-refractivity contribution is 6.33. The van der Waals surface area contributed by atoms with E-state index in [-0.39, 0.29) is 30.2 Å². The molecule has 0 bridgehead atoms. The van der Waals surface area contributed by atoms with Gasteiger partial charge in [-0.1, -0.05) is 17.7 Å². The van der Waals surface area contributed by atoms with Crippen molar-refractivity contribution >= 4 is 58.3 Å². The van der Waals surface area contributed by atoms with Gasteiger partial charge in [0.1, 0.15) is 11.9 Å². The second kappa shape index (κ2) is 14.0. The molecule has 1 unspecified atom stereocenters. The molecular weight excluding hydrogens is 732 g/mol. The largest absolute Gasteiger partial charge is 0.368 e. The lowest BCUT2D eigenvalue weighted by Crippen LogP contribution is -2.54. The smallest absolute Gasteiger partial charge is 0.262 e. The number of halogens is 1. The number of nitrogens with zero attached hydrogens (tertiary/aromatic N) is 7. The molecule has 6 aliphatic heterocycles. The van der Waals surface area contributed by atoms with Crippen molar-refractivity contribution in [1.82, 2.24) is 25.0 Å². The molecule has 9 rings (SSSR count). The Morgan fingerprint density at radius 3 is 2.23 bits per heavy atom. The number of imide groups is 2. The first kappa shape index (κ1) is 36.3. The molecule has 1 aromatic heterocycles. The summed E-state index contributed by atoms with van der Waals surface area (Å²) in [7, 11) is 0. The molecule has 2 aromatic carbocycles. The van der Waals surface area contributed by atoms with Crippen LogP contribution in [-0.4, -0.2) is 100 Å². The van der Waals surface area contributed by atoms with E-state index in [1.54, 1.807) is 18.3 Å². The number of carbonyl (C=O) groups is 5. The highest BCUT2D eigenvalue weighted by Crippen LogP contribution is 2.46. The van der Waals surface area contributed by atoms with Crippen LogP contribution < -0.4 is 15.1 Å². The summed E-state index contributed by atoms with van der Waals surface area (Å²) in [4.78, 5) is 82.6. The first-order valence-electron chi connectivity index (χ1n) is 19.6. The van der Waals surface area contributed by atoms with E-state index in [2.05, 4.69) is 31.8 Å². The third-order valence-electron chi connectivity index (χ3n) is 13.1. The van der Waals surface area contributed by atoms with Gasteiger partial charge in [-0.15, -0.1) is 0 Å². The van der Waals surface area contributed by atoms with E-state index in [0.29, 0.717) is 59.6 Å². The van der Waals surface area contributed by atoms with Gasteiger partial charge in [-0.25, -0.2) is 9.83 Å². The highest BCUT2D eigenvalue weighted by Gasteiger charge is 2.46. The maximum Gasteiger partial charge on any atom is 0.262 e. The van der Waals surface area contributed by atoms with Crippen molar-refractivity contribution in [2.24, 2.45) is 5.41 Å². The van der Waals surface area contributed by atoms with Crippen molar-refractivity contribution in [3.63, 3.8) is 0 Å². The second-order valence-corrected chi connectivity index (χ2v) is 16.8. The van der Waals surface area contributed by atoms with Crippen LogP contribution in [-0.2, 0) is 22.7 Å². The van der Waals surface area contributed by atoms with Crippen LogP contribution in [0.4, 0.5) is 17.2 Å². The number of hydrogen-bond acceptors (Lipinski definition) is 9. The monoisotopic (exact) mass is 774 g/mol. The number of benzene rings is 2. The second-order valence-electron chi connectivity index (χ2n) is 16.4. The highest BCUT2D eigenvalue weighted by atomic mass is 35.5. The van der Waals surface area contributed by atoms with Crippen molar-refractivity contribution < 1.29 is 24.0 Å². The van der Waals surface area contributed by atoms with Gasteiger partial charge in [-0.3, -0.25) is 39.1 Å². The van der Waals surface area contributed by atoms with Gasteiger partial charge < -0.3 is 14.7 Å². The Hall–Kier alpha value is -5.32. The first-order chi connectivity index (χ1) is 27.0. The fourth-order valence-electron chi connectivity index (χ4n) is 9.97. The van der Waals surface area contributed by atoms with Gasteiger partial charge in [0.05, 0.1) is 23.3 Å². The summed E-state index contributed by atoms with van der Waals surface area (Å²) < 4.78 is 0. The molecule has 288 valence electrons. The quantitative estimate of drug-likeness (QED) is 0.275. The molecule has 14 heteroatoms. The zero-order valence-corrected chi connectivity index (χ0v) is 32.1. The van der Waals surface area contributed by atoms with Crippen LogP contribution in [0.2, 0.25) is 5.02 Å². The molecule has 4 fully saturated rings. The summed E-state index contributed by atoms with van der Waals surface area (Å²) in [6.07, 6.45) is 6.79. The summed E-state index contributed by atoms with van der Waals surface area (Å²) in [5.74, 6) is -1.10. The predicted octanol–water partition coefficient (Wildman–Crippen LogP) is 5.19. The van der Waals surface area contributed by atoms with Crippen LogP contribution >= 0.6 is 11.6 Å². The van der Waals surface area contributed by atoms with E-state index in [1.165, 1.54) is 0 Å². The number of likely N-dealkylation sites (tertiary alicyclic amines) is 1. The zero-order chi connectivity index (χ0) is 38.9. The van der Waals surface area contributed by atoms with Gasteiger partial charge in [0.15, 0.2) is 0 Å². The van der Waals surface area contributed by atoms with Crippen LogP contribution in [0.5, 0.6) is 0 Å². The minimum atomic E-state index is -0.978. The van der Waals surface area contributed by atoms with Crippen molar-refractivity contribution in [2.75, 3.05) is 42.5 Å². The lowest BCUT2D eigenvalue weighted by atomic mass is 9.77. The Balaban J connectivity index is 0.766. The topological polar surface area (TPSA) is 131 Å². The molecule has 4 saturated heterocycles. The number of nitrogens with one attached hydrogen (secondary N) is 1. The van der Waals surface area contributed by atoms with Crippen LogP contribution in [0.3, 0.4) is 0 Å². The van der Waals surface area contributed by atoms with E-state index in [9.17, 15) is 24.0 Å². The molecule has 0 saturated carbocycles. The molecule has 0 aliphatic carbocycles. The average molecular weight is 775 g/mol. The van der Waals surface area contributed by atoms with Crippen molar-refractivity contribution in [3.8, 4) is 0 Å². The molecule has 13 nitrogen and oxygen atoms in total. The molecule has 7 heterocycles. The zero-order valence-electron chi connectivity index (χ0n) is 31.3. The molecule has 6 aliphatic rings. The van der Waals surface area contributed by atoms with Crippen molar-refractivity contribution in [1.29, 1.82) is 0 Å².